The van der Waals surface area contributed by atoms with E-state index in [0.29, 0.717) is 0 Å². The van der Waals surface area contributed by atoms with Crippen LogP contribution in [0.2, 0.25) is 0 Å². The number of carbonyl (C=O) groups excluding carboxylic acids is 1. The van der Waals surface area contributed by atoms with E-state index in [-0.39, 0.29) is 0 Å². The van der Waals surface area contributed by atoms with Crippen molar-refractivity contribution in [3.63, 3.8) is 0 Å². The Labute approximate surface area is 51.5 Å². The van der Waals surface area contributed by atoms with Gasteiger partial charge < -0.3 is 0 Å². The number of rotatable bonds is 1. The van der Waals surface area contributed by atoms with Gasteiger partial charge in [0.25, 0.3) is 6.17 Å². The molecule has 0 spiro atoms. The maximum absolute atomic E-state index is 11.5. The van der Waals surface area contributed by atoms with E-state index in [1.807, 2.05) is 4.94 Å². The quantitative estimate of drug-likeness (QED) is 0.546. The Kier molecular flexibility index (Phi) is 2.56. The van der Waals surface area contributed by atoms with Gasteiger partial charge in [-0.3, -0.25) is 4.94 Å². The van der Waals surface area contributed by atoms with Gasteiger partial charge in [0.2, 0.25) is 0 Å². The number of hydrogen-bond donors (Lipinski definition) is 0. The first-order valence-corrected chi connectivity index (χ1v) is 1.93. The van der Waals surface area contributed by atoms with Crippen molar-refractivity contribution in [2.24, 2.45) is 0 Å². The Morgan fingerprint density at radius 1 is 1.40 bits per heavy atom. The molecule has 0 saturated heterocycles. The molecule has 1 atom stereocenters. The number of alkyl halides is 4. The van der Waals surface area contributed by atoms with Crippen molar-refractivity contribution in [1.29, 1.82) is 0 Å². The van der Waals surface area contributed by atoms with Crippen molar-refractivity contribution in [3.05, 3.63) is 0 Å². The van der Waals surface area contributed by atoms with Crippen LogP contribution >= 0.6 is 0 Å². The van der Waals surface area contributed by atoms with Crippen LogP contribution in [0, 0.1) is 0 Å². The molecule has 0 bridgehead atoms. The summed E-state index contributed by atoms with van der Waals surface area (Å²) >= 11 is 0. The largest absolute Gasteiger partial charge is 0.430 e. The molecular weight excluding hydrogens is 163 g/mol. The third kappa shape index (κ3) is 2.16. The van der Waals surface area contributed by atoms with E-state index in [2.05, 4.69) is 0 Å². The second-order valence-corrected chi connectivity index (χ2v) is 1.30. The summed E-state index contributed by atoms with van der Waals surface area (Å²) in [4.78, 5) is 11.5. The highest BCUT2D eigenvalue weighted by molar-refractivity contribution is 5.74. The Morgan fingerprint density at radius 2 is 1.80 bits per heavy atom. The van der Waals surface area contributed by atoms with Gasteiger partial charge in [-0.15, -0.1) is 0 Å². The predicted octanol–water partition coefficient (Wildman–Crippen LogP) is 1.31. The molecule has 0 aromatic carbocycles. The van der Waals surface area contributed by atoms with Crippen LogP contribution in [0.25, 0.3) is 0 Å². The molecule has 0 amide bonds. The lowest BCUT2D eigenvalue weighted by Gasteiger charge is -2.06. The number of carbonyl (C=O) groups is 1. The maximum atomic E-state index is 11.5. The zero-order valence-electron chi connectivity index (χ0n) is 4.28. The van der Waals surface area contributed by atoms with E-state index in [4.69, 9.17) is 0 Å². The first-order valence-electron chi connectivity index (χ1n) is 1.93. The Hall–Kier alpha value is -0.880. The summed E-state index contributed by atoms with van der Waals surface area (Å²) in [5.41, 5.74) is 0. The van der Waals surface area contributed by atoms with Crippen LogP contribution in [0.1, 0.15) is 0 Å². The van der Waals surface area contributed by atoms with Gasteiger partial charge in [-0.05, 0) is 0 Å². The fourth-order valence-electron chi connectivity index (χ4n) is 0.173. The van der Waals surface area contributed by atoms with Crippen molar-refractivity contribution >= 4 is 5.97 Å². The zero-order chi connectivity index (χ0) is 8.36. The average Bonchev–Trinajstić information content (AvgIpc) is 1.83. The lowest BCUT2D eigenvalue weighted by atomic mass is 10.4. The van der Waals surface area contributed by atoms with Gasteiger partial charge in [-0.2, -0.15) is 13.2 Å². The standard InChI is InChI=1S/C3HF5O2/c4-1(2(9)10-8)3(5,6)7/h1H. The lowest BCUT2D eigenvalue weighted by Crippen LogP contribution is -2.32. The monoisotopic (exact) mass is 164 g/mol. The predicted molar refractivity (Wildman–Crippen MR) is 18.2 cm³/mol. The van der Waals surface area contributed by atoms with Gasteiger partial charge >= 0.3 is 12.1 Å². The van der Waals surface area contributed by atoms with Crippen molar-refractivity contribution in [2.75, 3.05) is 0 Å². The van der Waals surface area contributed by atoms with Gasteiger partial charge in [0.15, 0.2) is 0 Å². The van der Waals surface area contributed by atoms with Crippen molar-refractivity contribution < 1.29 is 31.8 Å². The van der Waals surface area contributed by atoms with E-state index in [1.165, 1.54) is 0 Å². The van der Waals surface area contributed by atoms with Crippen molar-refractivity contribution in [3.8, 4) is 0 Å². The smallest absolute Gasteiger partial charge is 0.251 e. The van der Waals surface area contributed by atoms with Crippen LogP contribution in [0.3, 0.4) is 0 Å². The summed E-state index contributed by atoms with van der Waals surface area (Å²) in [5, 5.41) is 0. The molecule has 0 radical (unpaired) electrons. The summed E-state index contributed by atoms with van der Waals surface area (Å²) < 4.78 is 55.2. The lowest BCUT2D eigenvalue weighted by molar-refractivity contribution is -0.225. The molecule has 10 heavy (non-hydrogen) atoms. The second kappa shape index (κ2) is 2.80. The summed E-state index contributed by atoms with van der Waals surface area (Å²) in [5.74, 6) is -2.59. The Morgan fingerprint density at radius 3 is 1.90 bits per heavy atom. The summed E-state index contributed by atoms with van der Waals surface area (Å²) in [6.07, 6.45) is -9.30. The molecule has 0 saturated carbocycles. The number of halogens is 5. The third-order valence-electron chi connectivity index (χ3n) is 0.570. The molecule has 0 aliphatic heterocycles. The Bertz CT molecular complexity index is 129. The molecule has 0 rings (SSSR count). The van der Waals surface area contributed by atoms with Crippen LogP contribution in [0.5, 0.6) is 0 Å². The van der Waals surface area contributed by atoms with Gasteiger partial charge in [-0.25, -0.2) is 9.18 Å². The van der Waals surface area contributed by atoms with E-state index in [9.17, 15) is 26.9 Å². The first-order chi connectivity index (χ1) is 4.39. The fraction of sp³-hybridized carbons (Fsp3) is 0.667. The Balaban J connectivity index is 4.08. The highest BCUT2D eigenvalue weighted by atomic mass is 19.4. The van der Waals surface area contributed by atoms with Crippen LogP contribution in [-0.2, 0) is 9.74 Å². The van der Waals surface area contributed by atoms with Crippen molar-refractivity contribution in [2.45, 2.75) is 12.3 Å². The summed E-state index contributed by atoms with van der Waals surface area (Å²) in [7, 11) is 0. The fourth-order valence-corrected chi connectivity index (χ4v) is 0.173. The first kappa shape index (κ1) is 9.12. The minimum absolute atomic E-state index is 2.00. The molecule has 0 aromatic heterocycles. The number of hydrogen-bond acceptors (Lipinski definition) is 2. The second-order valence-electron chi connectivity index (χ2n) is 1.30. The third-order valence-corrected chi connectivity index (χ3v) is 0.570. The van der Waals surface area contributed by atoms with Crippen LogP contribution in [-0.4, -0.2) is 18.3 Å². The van der Waals surface area contributed by atoms with Crippen LogP contribution in [0.15, 0.2) is 0 Å². The van der Waals surface area contributed by atoms with E-state index >= 15 is 0 Å². The summed E-state index contributed by atoms with van der Waals surface area (Å²) in [6, 6.07) is 0. The zero-order valence-corrected chi connectivity index (χ0v) is 4.28. The normalized spacial score (nSPS) is 14.5. The van der Waals surface area contributed by atoms with Crippen LogP contribution < -0.4 is 0 Å². The highest BCUT2D eigenvalue weighted by Gasteiger charge is 2.47. The molecule has 1 unspecified atom stereocenters. The van der Waals surface area contributed by atoms with Gasteiger partial charge in [0, 0.05) is 4.53 Å². The molecule has 0 fully saturated rings. The molecule has 0 aliphatic rings. The molecule has 60 valence electrons. The minimum Gasteiger partial charge on any atom is -0.251 e. The molecule has 0 aromatic rings. The summed E-state index contributed by atoms with van der Waals surface area (Å²) in [6.45, 7) is 0. The average molecular weight is 164 g/mol. The van der Waals surface area contributed by atoms with E-state index in [1.54, 1.807) is 0 Å². The highest BCUT2D eigenvalue weighted by Crippen LogP contribution is 2.23. The van der Waals surface area contributed by atoms with Gasteiger partial charge in [0.05, 0.1) is 0 Å². The molecule has 2 nitrogen and oxygen atoms in total. The molecular formula is C3HF5O2. The maximum Gasteiger partial charge on any atom is 0.430 e. The van der Waals surface area contributed by atoms with Gasteiger partial charge in [-0.1, -0.05) is 0 Å². The van der Waals surface area contributed by atoms with Gasteiger partial charge in [0.1, 0.15) is 0 Å². The molecule has 7 heteroatoms. The van der Waals surface area contributed by atoms with E-state index < -0.39 is 18.3 Å². The molecule has 0 N–H and O–H groups in total. The molecule has 0 aliphatic carbocycles. The SMILES string of the molecule is O=C(OF)C(F)C(F)(F)F. The minimum atomic E-state index is -5.40. The molecule has 0 heterocycles. The topological polar surface area (TPSA) is 26.3 Å². The van der Waals surface area contributed by atoms with Crippen LogP contribution in [0.4, 0.5) is 22.1 Å². The van der Waals surface area contributed by atoms with Crippen molar-refractivity contribution in [1.82, 2.24) is 0 Å². The van der Waals surface area contributed by atoms with E-state index in [0.717, 1.165) is 0 Å².